The molecule has 4 N–H and O–H groups in total. The minimum absolute atomic E-state index is 0.0638. The average molecular weight is 548 g/mol. The van der Waals surface area contributed by atoms with Crippen LogP contribution >= 0.6 is 0 Å². The first-order valence-corrected chi connectivity index (χ1v) is 12.6. The van der Waals surface area contributed by atoms with Gasteiger partial charge in [0.15, 0.2) is 0 Å². The quantitative estimate of drug-likeness (QED) is 0.311. The molecular formula is C28H29F4N3O4. The molecule has 3 atom stereocenters. The second kappa shape index (κ2) is 10.7. The van der Waals surface area contributed by atoms with Crippen molar-refractivity contribution in [3.63, 3.8) is 0 Å². The van der Waals surface area contributed by atoms with Crippen LogP contribution in [-0.2, 0) is 39.8 Å². The fourth-order valence-electron chi connectivity index (χ4n) is 5.10. The highest BCUT2D eigenvalue weighted by Crippen LogP contribution is 2.40. The summed E-state index contributed by atoms with van der Waals surface area (Å²) >= 11 is 0. The Balaban J connectivity index is 1.60. The van der Waals surface area contributed by atoms with Crippen LogP contribution in [0.4, 0.5) is 17.6 Å². The van der Waals surface area contributed by atoms with Gasteiger partial charge < -0.3 is 20.7 Å². The van der Waals surface area contributed by atoms with E-state index >= 15 is 0 Å². The smallest absolute Gasteiger partial charge is 0.418 e. The first-order valence-electron chi connectivity index (χ1n) is 12.6. The summed E-state index contributed by atoms with van der Waals surface area (Å²) < 4.78 is 54.7. The summed E-state index contributed by atoms with van der Waals surface area (Å²) in [5.74, 6) is -3.61. The molecule has 2 aromatic carbocycles. The van der Waals surface area contributed by atoms with E-state index in [2.05, 4.69) is 15.6 Å². The zero-order valence-electron chi connectivity index (χ0n) is 21.4. The molecule has 1 aromatic heterocycles. The molecule has 3 unspecified atom stereocenters. The molecule has 1 heterocycles. The summed E-state index contributed by atoms with van der Waals surface area (Å²) in [7, 11) is 0. The van der Waals surface area contributed by atoms with Crippen LogP contribution in [0.3, 0.4) is 0 Å². The van der Waals surface area contributed by atoms with Gasteiger partial charge in [-0.05, 0) is 42.0 Å². The average Bonchev–Trinajstić information content (AvgIpc) is 3.25. The lowest BCUT2D eigenvalue weighted by molar-refractivity contribution is -0.149. The number of carboxylic acid groups (broad SMARTS) is 1. The van der Waals surface area contributed by atoms with Crippen LogP contribution in [0.5, 0.6) is 0 Å². The van der Waals surface area contributed by atoms with E-state index in [1.165, 1.54) is 30.3 Å². The Morgan fingerprint density at radius 3 is 2.49 bits per heavy atom. The van der Waals surface area contributed by atoms with Crippen LogP contribution in [-0.4, -0.2) is 39.5 Å². The Labute approximate surface area is 222 Å². The van der Waals surface area contributed by atoms with Crippen molar-refractivity contribution in [3.05, 3.63) is 70.7 Å². The number of nitrogens with one attached hydrogen (secondary N) is 3. The van der Waals surface area contributed by atoms with Crippen molar-refractivity contribution in [1.29, 1.82) is 0 Å². The Morgan fingerprint density at radius 2 is 1.85 bits per heavy atom. The molecule has 0 saturated carbocycles. The fourth-order valence-corrected chi connectivity index (χ4v) is 5.10. The van der Waals surface area contributed by atoms with Gasteiger partial charge in [0, 0.05) is 17.5 Å². The highest BCUT2D eigenvalue weighted by molar-refractivity contribution is 5.95. The number of carbonyl (C=O) groups is 3. The molecule has 39 heavy (non-hydrogen) atoms. The van der Waals surface area contributed by atoms with Gasteiger partial charge in [-0.1, -0.05) is 50.6 Å². The predicted octanol–water partition coefficient (Wildman–Crippen LogP) is 4.53. The minimum atomic E-state index is -4.60. The topological polar surface area (TPSA) is 111 Å². The second-order valence-electron chi connectivity index (χ2n) is 10.1. The molecule has 11 heteroatoms. The Hall–Kier alpha value is -3.89. The van der Waals surface area contributed by atoms with Crippen molar-refractivity contribution in [1.82, 2.24) is 15.6 Å². The van der Waals surface area contributed by atoms with Crippen LogP contribution in [0.25, 0.3) is 10.9 Å². The Kier molecular flexibility index (Phi) is 7.72. The minimum Gasteiger partial charge on any atom is -0.479 e. The summed E-state index contributed by atoms with van der Waals surface area (Å²) in [4.78, 5) is 41.5. The van der Waals surface area contributed by atoms with Gasteiger partial charge >= 0.3 is 12.1 Å². The van der Waals surface area contributed by atoms with Crippen molar-refractivity contribution in [2.45, 2.75) is 63.7 Å². The van der Waals surface area contributed by atoms with E-state index in [9.17, 15) is 37.1 Å². The Bertz CT molecular complexity index is 1420. The third-order valence-electron chi connectivity index (χ3n) is 7.51. The van der Waals surface area contributed by atoms with Crippen LogP contribution < -0.4 is 10.6 Å². The van der Waals surface area contributed by atoms with Crippen LogP contribution in [0.2, 0.25) is 0 Å². The number of para-hydroxylation sites is 1. The number of aryl methyl sites for hydroxylation is 1. The fraction of sp³-hybridized carbons (Fsp3) is 0.393. The number of benzene rings is 2. The van der Waals surface area contributed by atoms with E-state index in [1.807, 2.05) is 0 Å². The highest BCUT2D eigenvalue weighted by atomic mass is 19.4. The van der Waals surface area contributed by atoms with E-state index in [0.29, 0.717) is 17.7 Å². The van der Waals surface area contributed by atoms with Gasteiger partial charge in [-0.25, -0.2) is 9.18 Å². The molecule has 4 rings (SSSR count). The number of alkyl halides is 3. The first-order chi connectivity index (χ1) is 18.4. The van der Waals surface area contributed by atoms with Crippen molar-refractivity contribution < 1.29 is 37.1 Å². The Morgan fingerprint density at radius 1 is 1.13 bits per heavy atom. The number of carbonyl (C=O) groups excluding carboxylic acids is 2. The van der Waals surface area contributed by atoms with E-state index in [4.69, 9.17) is 0 Å². The third-order valence-corrected chi connectivity index (χ3v) is 7.51. The number of hydrogen-bond donors (Lipinski definition) is 4. The maximum Gasteiger partial charge on any atom is 0.418 e. The largest absolute Gasteiger partial charge is 0.479 e. The summed E-state index contributed by atoms with van der Waals surface area (Å²) in [6.07, 6.45) is -4.63. The zero-order valence-corrected chi connectivity index (χ0v) is 21.4. The summed E-state index contributed by atoms with van der Waals surface area (Å²) in [6.45, 7) is 3.52. The maximum atomic E-state index is 14.0. The molecule has 0 radical (unpaired) electrons. The number of hydrogen-bond acceptors (Lipinski definition) is 3. The summed E-state index contributed by atoms with van der Waals surface area (Å²) in [5, 5.41) is 15.7. The van der Waals surface area contributed by atoms with E-state index in [0.717, 1.165) is 6.07 Å². The molecule has 2 amide bonds. The normalized spacial score (nSPS) is 18.7. The molecular weight excluding hydrogens is 518 g/mol. The number of fused-ring (bicyclic) bond motifs is 3. The van der Waals surface area contributed by atoms with Crippen molar-refractivity contribution in [3.8, 4) is 0 Å². The zero-order chi connectivity index (χ0) is 28.5. The van der Waals surface area contributed by atoms with Crippen molar-refractivity contribution in [2.24, 2.45) is 5.92 Å². The molecule has 1 aliphatic rings. The van der Waals surface area contributed by atoms with Crippen LogP contribution in [0.15, 0.2) is 42.5 Å². The number of aliphatic carboxylic acids is 1. The van der Waals surface area contributed by atoms with Crippen LogP contribution in [0, 0.1) is 11.7 Å². The molecule has 0 aliphatic heterocycles. The maximum absolute atomic E-state index is 14.0. The van der Waals surface area contributed by atoms with E-state index < -0.39 is 46.9 Å². The standard InChI is InChI=1S/C28H29F4N3O4/c1-3-15(2)23(34-22(36)13-16-7-4-5-10-20(16)29)25(37)35-27(26(38)39)12-11-21-18(14-27)17-8-6-9-19(24(17)33-21)28(30,31)32/h4-10,15,23,33H,3,11-14H2,1-2H3,(H,34,36)(H,35,37)(H,38,39). The number of halogens is 4. The molecule has 1 aliphatic carbocycles. The van der Waals surface area contributed by atoms with Crippen LogP contribution in [0.1, 0.15) is 49.1 Å². The molecule has 0 spiro atoms. The predicted molar refractivity (Wildman–Crippen MR) is 135 cm³/mol. The SMILES string of the molecule is CCC(C)C(NC(=O)Cc1ccccc1F)C(=O)NC1(C(=O)O)CCc2[nH]c3c(C(F)(F)F)cccc3c2C1. The van der Waals surface area contributed by atoms with Gasteiger partial charge in [-0.15, -0.1) is 0 Å². The van der Waals surface area contributed by atoms with Gasteiger partial charge in [-0.2, -0.15) is 13.2 Å². The summed E-state index contributed by atoms with van der Waals surface area (Å²) in [5.41, 5.74) is -1.74. The van der Waals surface area contributed by atoms with Gasteiger partial charge in [0.25, 0.3) is 0 Å². The number of carboxylic acids is 1. The third kappa shape index (κ3) is 5.62. The monoisotopic (exact) mass is 547 g/mol. The van der Waals surface area contributed by atoms with Crippen molar-refractivity contribution >= 4 is 28.7 Å². The highest BCUT2D eigenvalue weighted by Gasteiger charge is 2.46. The number of aromatic amines is 1. The molecule has 0 fully saturated rings. The second-order valence-corrected chi connectivity index (χ2v) is 10.1. The van der Waals surface area contributed by atoms with E-state index in [-0.39, 0.29) is 48.1 Å². The van der Waals surface area contributed by atoms with Gasteiger partial charge in [0.2, 0.25) is 11.8 Å². The lowest BCUT2D eigenvalue weighted by Gasteiger charge is -2.36. The molecule has 0 bridgehead atoms. The van der Waals surface area contributed by atoms with Gasteiger partial charge in [0.1, 0.15) is 17.4 Å². The van der Waals surface area contributed by atoms with E-state index in [1.54, 1.807) is 19.9 Å². The number of aromatic nitrogens is 1. The van der Waals surface area contributed by atoms with Gasteiger partial charge in [-0.3, -0.25) is 9.59 Å². The lowest BCUT2D eigenvalue weighted by Crippen LogP contribution is -2.62. The number of rotatable bonds is 8. The summed E-state index contributed by atoms with van der Waals surface area (Å²) in [6, 6.07) is 8.36. The van der Waals surface area contributed by atoms with Crippen molar-refractivity contribution in [2.75, 3.05) is 0 Å². The molecule has 3 aromatic rings. The molecule has 7 nitrogen and oxygen atoms in total. The van der Waals surface area contributed by atoms with Gasteiger partial charge in [0.05, 0.1) is 17.5 Å². The molecule has 0 saturated heterocycles. The number of amides is 2. The first kappa shape index (κ1) is 28.1. The molecule has 208 valence electrons. The number of H-pyrrole nitrogens is 1. The lowest BCUT2D eigenvalue weighted by atomic mass is 9.79.